The summed E-state index contributed by atoms with van der Waals surface area (Å²) in [7, 11) is 1.74. The Bertz CT molecular complexity index is 1300. The lowest BCUT2D eigenvalue weighted by atomic mass is 9.92. The summed E-state index contributed by atoms with van der Waals surface area (Å²) >= 11 is 12.9. The molecule has 0 aliphatic rings. The van der Waals surface area contributed by atoms with Crippen LogP contribution in [0.5, 0.6) is 0 Å². The number of nitrogens with one attached hydrogen (secondary N) is 1. The number of aromatic nitrogens is 5. The average Bonchev–Trinajstić information content (AvgIpc) is 3.21. The van der Waals surface area contributed by atoms with Gasteiger partial charge in [-0.15, -0.1) is 12.4 Å². The minimum atomic E-state index is -4.52. The summed E-state index contributed by atoms with van der Waals surface area (Å²) in [6.45, 7) is 5.98. The lowest BCUT2D eigenvalue weighted by Crippen LogP contribution is -2.12. The van der Waals surface area contributed by atoms with E-state index in [2.05, 4.69) is 20.1 Å². The Morgan fingerprint density at radius 2 is 1.69 bits per heavy atom. The van der Waals surface area contributed by atoms with Gasteiger partial charge < -0.3 is 4.98 Å². The van der Waals surface area contributed by atoms with Crippen molar-refractivity contribution in [1.29, 1.82) is 0 Å². The largest absolute Gasteiger partial charge is 0.417 e. The molecule has 5 nitrogen and oxygen atoms in total. The van der Waals surface area contributed by atoms with Gasteiger partial charge in [0.1, 0.15) is 11.2 Å². The molecule has 0 saturated heterocycles. The van der Waals surface area contributed by atoms with E-state index in [1.54, 1.807) is 11.7 Å². The second kappa shape index (κ2) is 8.24. The Balaban J connectivity index is 0.00000289. The molecule has 0 fully saturated rings. The van der Waals surface area contributed by atoms with Gasteiger partial charge in [0, 0.05) is 18.0 Å². The minimum absolute atomic E-state index is 0. The molecule has 1 N–H and O–H groups in total. The number of imidazole rings is 1. The predicted octanol–water partition coefficient (Wildman–Crippen LogP) is 7.07. The molecule has 4 aromatic rings. The Labute approximate surface area is 198 Å². The fourth-order valence-corrected chi connectivity index (χ4v) is 4.18. The normalized spacial score (nSPS) is 12.3. The van der Waals surface area contributed by atoms with Crippen molar-refractivity contribution in [2.24, 2.45) is 7.05 Å². The monoisotopic (exact) mass is 503 g/mol. The molecule has 0 saturated carbocycles. The number of alkyl halides is 3. The molecule has 3 aromatic heterocycles. The van der Waals surface area contributed by atoms with Crippen LogP contribution < -0.4 is 0 Å². The van der Waals surface area contributed by atoms with Crippen LogP contribution in [0.25, 0.3) is 33.8 Å². The maximum Gasteiger partial charge on any atom is 0.417 e. The number of aryl methyl sites for hydroxylation is 1. The second-order valence-electron chi connectivity index (χ2n) is 8.21. The third-order valence-corrected chi connectivity index (χ3v) is 5.48. The number of nitrogens with zero attached hydrogens (tertiary/aromatic N) is 4. The summed E-state index contributed by atoms with van der Waals surface area (Å²) in [4.78, 5) is 11.8. The fraction of sp³-hybridized carbons (Fsp3) is 0.286. The number of rotatable bonds is 2. The Morgan fingerprint density at radius 3 is 2.28 bits per heavy atom. The van der Waals surface area contributed by atoms with Crippen LogP contribution in [0.4, 0.5) is 13.2 Å². The van der Waals surface area contributed by atoms with Gasteiger partial charge >= 0.3 is 6.18 Å². The van der Waals surface area contributed by atoms with Gasteiger partial charge in [-0.3, -0.25) is 4.68 Å². The van der Waals surface area contributed by atoms with Gasteiger partial charge in [-0.2, -0.15) is 18.3 Å². The van der Waals surface area contributed by atoms with E-state index in [4.69, 9.17) is 23.2 Å². The maximum absolute atomic E-state index is 13.5. The zero-order chi connectivity index (χ0) is 22.7. The molecular formula is C21H19Cl3F3N5. The number of hydrogen-bond donors (Lipinski definition) is 1. The van der Waals surface area contributed by atoms with E-state index in [9.17, 15) is 13.2 Å². The fourth-order valence-electron chi connectivity index (χ4n) is 3.41. The standard InChI is InChI=1S/C21H18Cl2F3N5.ClH/c1-20(2,3)17-14(22)16(31(4)30-17)19-28-13-9-12(27-18(23)15(13)29-19)10-7-5-6-8-11(10)21(24,25)26;/h5-9H,1-4H3,(H,28,29);1H. The number of benzene rings is 1. The molecule has 0 bridgehead atoms. The van der Waals surface area contributed by atoms with Crippen molar-refractivity contribution >= 4 is 46.6 Å². The van der Waals surface area contributed by atoms with Crippen molar-refractivity contribution in [1.82, 2.24) is 24.7 Å². The molecule has 3 heterocycles. The zero-order valence-electron chi connectivity index (χ0n) is 17.5. The first kappa shape index (κ1) is 24.4. The van der Waals surface area contributed by atoms with E-state index in [-0.39, 0.29) is 34.2 Å². The van der Waals surface area contributed by atoms with Crippen molar-refractivity contribution < 1.29 is 13.2 Å². The highest BCUT2D eigenvalue weighted by Gasteiger charge is 2.34. The first-order valence-electron chi connectivity index (χ1n) is 9.34. The number of halogens is 6. The Kier molecular flexibility index (Phi) is 6.27. The van der Waals surface area contributed by atoms with Crippen LogP contribution in [0, 0.1) is 0 Å². The third kappa shape index (κ3) is 4.19. The lowest BCUT2D eigenvalue weighted by Gasteiger charge is -2.15. The Morgan fingerprint density at radius 1 is 1.03 bits per heavy atom. The first-order chi connectivity index (χ1) is 14.4. The Hall–Kier alpha value is -2.29. The van der Waals surface area contributed by atoms with Gasteiger partial charge in [-0.1, -0.05) is 62.2 Å². The summed E-state index contributed by atoms with van der Waals surface area (Å²) in [6.07, 6.45) is -4.52. The smallest absolute Gasteiger partial charge is 0.336 e. The molecular weight excluding hydrogens is 486 g/mol. The van der Waals surface area contributed by atoms with Crippen LogP contribution in [0.15, 0.2) is 30.3 Å². The van der Waals surface area contributed by atoms with Crippen molar-refractivity contribution in [3.8, 4) is 22.8 Å². The minimum Gasteiger partial charge on any atom is -0.336 e. The van der Waals surface area contributed by atoms with Crippen LogP contribution in [0.3, 0.4) is 0 Å². The van der Waals surface area contributed by atoms with Crippen molar-refractivity contribution in [2.45, 2.75) is 32.4 Å². The first-order valence-corrected chi connectivity index (χ1v) is 10.1. The lowest BCUT2D eigenvalue weighted by molar-refractivity contribution is -0.137. The molecule has 11 heteroatoms. The van der Waals surface area contributed by atoms with Gasteiger partial charge in [-0.05, 0) is 12.1 Å². The third-order valence-electron chi connectivity index (χ3n) is 4.86. The van der Waals surface area contributed by atoms with E-state index in [1.807, 2.05) is 20.8 Å². The molecule has 0 aliphatic carbocycles. The van der Waals surface area contributed by atoms with Gasteiger partial charge in [0.2, 0.25) is 0 Å². The van der Waals surface area contributed by atoms with Crippen molar-refractivity contribution in [3.05, 3.63) is 51.8 Å². The van der Waals surface area contributed by atoms with Crippen LogP contribution >= 0.6 is 35.6 Å². The van der Waals surface area contributed by atoms with Crippen LogP contribution in [0.2, 0.25) is 10.2 Å². The molecule has 0 amide bonds. The van der Waals surface area contributed by atoms with Gasteiger partial charge in [0.05, 0.1) is 27.5 Å². The summed E-state index contributed by atoms with van der Waals surface area (Å²) in [5.41, 5.74) is 0.980. The van der Waals surface area contributed by atoms with E-state index in [1.165, 1.54) is 24.3 Å². The van der Waals surface area contributed by atoms with Crippen molar-refractivity contribution in [3.63, 3.8) is 0 Å². The molecule has 4 rings (SSSR count). The molecule has 32 heavy (non-hydrogen) atoms. The van der Waals surface area contributed by atoms with E-state index >= 15 is 0 Å². The van der Waals surface area contributed by atoms with Crippen molar-refractivity contribution in [2.75, 3.05) is 0 Å². The quantitative estimate of drug-likeness (QED) is 0.297. The zero-order valence-corrected chi connectivity index (χ0v) is 19.8. The van der Waals surface area contributed by atoms with Crippen LogP contribution in [-0.2, 0) is 18.6 Å². The molecule has 1 aromatic carbocycles. The highest BCUT2D eigenvalue weighted by atomic mass is 35.5. The predicted molar refractivity (Wildman–Crippen MR) is 122 cm³/mol. The van der Waals surface area contributed by atoms with Gasteiger partial charge in [0.15, 0.2) is 11.0 Å². The van der Waals surface area contributed by atoms with Crippen LogP contribution in [0.1, 0.15) is 32.0 Å². The van der Waals surface area contributed by atoms with Crippen LogP contribution in [-0.4, -0.2) is 24.7 Å². The van der Waals surface area contributed by atoms with Gasteiger partial charge in [0.25, 0.3) is 0 Å². The molecule has 0 spiro atoms. The summed E-state index contributed by atoms with van der Waals surface area (Å²) in [5, 5.41) is 4.94. The topological polar surface area (TPSA) is 59.4 Å². The van der Waals surface area contributed by atoms with E-state index in [0.717, 1.165) is 6.07 Å². The second-order valence-corrected chi connectivity index (χ2v) is 8.94. The average molecular weight is 505 g/mol. The van der Waals surface area contributed by atoms with E-state index < -0.39 is 11.7 Å². The summed E-state index contributed by atoms with van der Waals surface area (Å²) < 4.78 is 42.0. The number of aromatic amines is 1. The number of hydrogen-bond acceptors (Lipinski definition) is 3. The number of fused-ring (bicyclic) bond motifs is 1. The highest BCUT2D eigenvalue weighted by Crippen LogP contribution is 2.39. The molecule has 0 aliphatic heterocycles. The molecule has 0 atom stereocenters. The maximum atomic E-state index is 13.5. The number of pyridine rings is 1. The highest BCUT2D eigenvalue weighted by molar-refractivity contribution is 6.34. The summed E-state index contributed by atoms with van der Waals surface area (Å²) in [6, 6.07) is 6.72. The SMILES string of the molecule is Cl.Cn1nc(C(C)(C)C)c(Cl)c1-c1nc2c(Cl)nc(-c3ccccc3C(F)(F)F)cc2[nH]1. The van der Waals surface area contributed by atoms with Gasteiger partial charge in [-0.25, -0.2) is 9.97 Å². The molecule has 0 radical (unpaired) electrons. The molecule has 0 unspecified atom stereocenters. The van der Waals surface area contributed by atoms with E-state index in [0.29, 0.717) is 33.3 Å². The number of H-pyrrole nitrogens is 1. The molecule has 170 valence electrons. The summed E-state index contributed by atoms with van der Waals surface area (Å²) in [5.74, 6) is 0.399.